The van der Waals surface area contributed by atoms with Crippen LogP contribution in [0.3, 0.4) is 0 Å². The van der Waals surface area contributed by atoms with Crippen molar-refractivity contribution < 1.29 is 22.7 Å². The first-order valence-electron chi connectivity index (χ1n) is 10.9. The fourth-order valence-corrected chi connectivity index (χ4v) is 6.42. The Kier molecular flexibility index (Phi) is 5.62. The van der Waals surface area contributed by atoms with Gasteiger partial charge in [0.1, 0.15) is 10.7 Å². The van der Waals surface area contributed by atoms with E-state index < -0.39 is 27.4 Å². The van der Waals surface area contributed by atoms with Gasteiger partial charge >= 0.3 is 5.97 Å². The normalized spacial score (nSPS) is 20.0. The largest absolute Gasteiger partial charge is 0.478 e. The minimum Gasteiger partial charge on any atom is -0.478 e. The molecule has 0 spiro atoms. The number of rotatable bonds is 4. The summed E-state index contributed by atoms with van der Waals surface area (Å²) in [6.07, 6.45) is 1.95. The van der Waals surface area contributed by atoms with Crippen molar-refractivity contribution in [3.05, 3.63) is 77.1 Å². The summed E-state index contributed by atoms with van der Waals surface area (Å²) in [4.78, 5) is 13.5. The summed E-state index contributed by atoms with van der Waals surface area (Å²) in [6, 6.07) is 16.0. The molecule has 0 aromatic heterocycles. The number of nitrogens with zero attached hydrogens (tertiary/aromatic N) is 2. The highest BCUT2D eigenvalue weighted by atomic mass is 35.5. The van der Waals surface area contributed by atoms with Crippen LogP contribution in [0.4, 0.5) is 15.8 Å². The lowest BCUT2D eigenvalue weighted by Gasteiger charge is -2.29. The lowest BCUT2D eigenvalue weighted by molar-refractivity contribution is 0.0692. The molecular weight excluding hydrogens is 479 g/mol. The predicted octanol–water partition coefficient (Wildman–Crippen LogP) is 5.40. The number of aromatic carboxylic acids is 1. The van der Waals surface area contributed by atoms with Crippen molar-refractivity contribution in [3.8, 4) is 11.1 Å². The van der Waals surface area contributed by atoms with Gasteiger partial charge in [0, 0.05) is 30.9 Å². The summed E-state index contributed by atoms with van der Waals surface area (Å²) in [7, 11) is -2.29. The van der Waals surface area contributed by atoms with Crippen molar-refractivity contribution in [2.45, 2.75) is 23.8 Å². The molecule has 176 valence electrons. The van der Waals surface area contributed by atoms with E-state index >= 15 is 0 Å². The Morgan fingerprint density at radius 3 is 2.44 bits per heavy atom. The minimum absolute atomic E-state index is 0.0719. The Morgan fingerprint density at radius 2 is 1.79 bits per heavy atom. The number of hydrogen-bond acceptors (Lipinski definition) is 4. The van der Waals surface area contributed by atoms with Gasteiger partial charge in [-0.05, 0) is 60.7 Å². The third-order valence-electron chi connectivity index (χ3n) is 6.57. The zero-order chi connectivity index (χ0) is 24.2. The lowest BCUT2D eigenvalue weighted by Crippen LogP contribution is -2.42. The number of hydrogen-bond donors (Lipinski definition) is 1. The predicted molar refractivity (Wildman–Crippen MR) is 129 cm³/mol. The molecule has 1 aliphatic heterocycles. The maximum atomic E-state index is 14.0. The van der Waals surface area contributed by atoms with E-state index in [1.807, 2.05) is 35.2 Å². The van der Waals surface area contributed by atoms with E-state index in [1.54, 1.807) is 13.1 Å². The van der Waals surface area contributed by atoms with Crippen LogP contribution < -0.4 is 4.90 Å². The van der Waals surface area contributed by atoms with Crippen LogP contribution >= 0.6 is 11.6 Å². The number of anilines is 2. The summed E-state index contributed by atoms with van der Waals surface area (Å²) < 4.78 is 43.0. The van der Waals surface area contributed by atoms with Gasteiger partial charge in [0.25, 0.3) is 0 Å². The Balaban J connectivity index is 1.74. The van der Waals surface area contributed by atoms with E-state index in [9.17, 15) is 22.7 Å². The Bertz CT molecular complexity index is 1390. The zero-order valence-electron chi connectivity index (χ0n) is 18.3. The van der Waals surface area contributed by atoms with Crippen molar-refractivity contribution in [1.29, 1.82) is 0 Å². The van der Waals surface area contributed by atoms with Gasteiger partial charge in [0.15, 0.2) is 0 Å². The molecule has 1 heterocycles. The smallest absolute Gasteiger partial charge is 0.338 e. The van der Waals surface area contributed by atoms with E-state index in [0.29, 0.717) is 23.4 Å². The number of sulfonamides is 1. The maximum Gasteiger partial charge on any atom is 0.338 e. The summed E-state index contributed by atoms with van der Waals surface area (Å²) in [5.74, 6) is -2.01. The topological polar surface area (TPSA) is 77.9 Å². The molecule has 0 amide bonds. The molecule has 0 saturated heterocycles. The molecule has 2 aliphatic rings. The Hall–Kier alpha value is -2.94. The summed E-state index contributed by atoms with van der Waals surface area (Å²) >= 11 is 6.64. The van der Waals surface area contributed by atoms with Gasteiger partial charge in [0.2, 0.25) is 10.0 Å². The van der Waals surface area contributed by atoms with Crippen LogP contribution in [0.2, 0.25) is 5.02 Å². The highest BCUT2D eigenvalue weighted by Crippen LogP contribution is 2.46. The highest BCUT2D eigenvalue weighted by Gasteiger charge is 2.44. The fourth-order valence-electron chi connectivity index (χ4n) is 4.55. The van der Waals surface area contributed by atoms with Crippen molar-refractivity contribution in [1.82, 2.24) is 4.31 Å². The molecule has 0 unspecified atom stereocenters. The number of fused-ring (bicyclic) bond motifs is 1. The zero-order valence-corrected chi connectivity index (χ0v) is 19.9. The second-order valence-electron chi connectivity index (χ2n) is 8.67. The third-order valence-corrected chi connectivity index (χ3v) is 8.80. The molecule has 1 saturated carbocycles. The van der Waals surface area contributed by atoms with Gasteiger partial charge in [-0.15, -0.1) is 0 Å². The first-order chi connectivity index (χ1) is 16.2. The van der Waals surface area contributed by atoms with Gasteiger partial charge in [-0.25, -0.2) is 17.6 Å². The van der Waals surface area contributed by atoms with Crippen molar-refractivity contribution >= 4 is 39.0 Å². The fraction of sp³-hybridized carbons (Fsp3) is 0.240. The van der Waals surface area contributed by atoms with Gasteiger partial charge in [-0.2, -0.15) is 4.31 Å². The summed E-state index contributed by atoms with van der Waals surface area (Å²) in [6.45, 7) is 0.479. The molecule has 1 N–H and O–H groups in total. The van der Waals surface area contributed by atoms with Crippen molar-refractivity contribution in [3.63, 3.8) is 0 Å². The van der Waals surface area contributed by atoms with Crippen molar-refractivity contribution in [2.75, 3.05) is 18.5 Å². The second-order valence-corrected chi connectivity index (χ2v) is 11.0. The Morgan fingerprint density at radius 1 is 1.09 bits per heavy atom. The first kappa shape index (κ1) is 22.8. The van der Waals surface area contributed by atoms with Gasteiger partial charge in [0.05, 0.1) is 16.3 Å². The molecular formula is C25H22ClFN2O4S. The van der Waals surface area contributed by atoms with Crippen LogP contribution in [-0.4, -0.2) is 43.4 Å². The molecule has 0 bridgehead atoms. The molecule has 1 fully saturated rings. The van der Waals surface area contributed by atoms with Crippen LogP contribution in [0.5, 0.6) is 0 Å². The number of carboxylic acids is 1. The van der Waals surface area contributed by atoms with E-state index in [2.05, 4.69) is 0 Å². The standard InChI is InChI=1S/C25H22ClFN2O4S/c1-28-23(15-7-8-15)14-29(17-5-3-2-4-6-17)22-13-20(26)18(12-24(22)34(28,32)33)16-9-10-21(27)19(11-16)25(30)31/h2-6,9-13,15,23H,7-8,14H2,1H3,(H,30,31)/t23-/m0/s1. The van der Waals surface area contributed by atoms with E-state index in [-0.39, 0.29) is 21.9 Å². The molecule has 3 aromatic rings. The molecule has 34 heavy (non-hydrogen) atoms. The monoisotopic (exact) mass is 500 g/mol. The number of benzene rings is 3. The number of carboxylic acid groups (broad SMARTS) is 1. The molecule has 1 atom stereocenters. The average Bonchev–Trinajstić information content (AvgIpc) is 3.65. The van der Waals surface area contributed by atoms with E-state index in [0.717, 1.165) is 24.6 Å². The van der Waals surface area contributed by atoms with Gasteiger partial charge < -0.3 is 10.0 Å². The van der Waals surface area contributed by atoms with Crippen LogP contribution in [0.1, 0.15) is 23.2 Å². The molecule has 0 radical (unpaired) electrons. The number of likely N-dealkylation sites (N-methyl/N-ethyl adjacent to an activating group) is 1. The lowest BCUT2D eigenvalue weighted by atomic mass is 10.0. The average molecular weight is 501 g/mol. The van der Waals surface area contributed by atoms with E-state index in [4.69, 9.17) is 11.6 Å². The summed E-state index contributed by atoms with van der Waals surface area (Å²) in [5.41, 5.74) is 1.42. The molecule has 3 aromatic carbocycles. The molecule has 1 aliphatic carbocycles. The van der Waals surface area contributed by atoms with Crippen LogP contribution in [0.25, 0.3) is 11.1 Å². The maximum absolute atomic E-state index is 14.0. The van der Waals surface area contributed by atoms with Gasteiger partial charge in [-0.1, -0.05) is 35.9 Å². The number of halogens is 2. The minimum atomic E-state index is -3.89. The van der Waals surface area contributed by atoms with E-state index in [1.165, 1.54) is 22.5 Å². The van der Waals surface area contributed by atoms with Gasteiger partial charge in [-0.3, -0.25) is 0 Å². The highest BCUT2D eigenvalue weighted by molar-refractivity contribution is 7.89. The molecule has 6 nitrogen and oxygen atoms in total. The van der Waals surface area contributed by atoms with Crippen molar-refractivity contribution in [2.24, 2.45) is 5.92 Å². The SMILES string of the molecule is CN1[C@H](C2CC2)CN(c2ccccc2)c2cc(Cl)c(-c3ccc(F)c(C(=O)O)c3)cc2S1(=O)=O. The molecule has 5 rings (SSSR count). The van der Waals surface area contributed by atoms with Crippen LogP contribution in [0.15, 0.2) is 65.6 Å². The van der Waals surface area contributed by atoms with Crippen LogP contribution in [0, 0.1) is 11.7 Å². The second kappa shape index (κ2) is 8.37. The molecule has 9 heteroatoms. The number of para-hydroxylation sites is 1. The Labute approximate surface area is 202 Å². The first-order valence-corrected chi connectivity index (χ1v) is 12.7. The summed E-state index contributed by atoms with van der Waals surface area (Å²) in [5, 5.41) is 9.56. The quantitative estimate of drug-likeness (QED) is 0.519. The third kappa shape index (κ3) is 3.85. The number of carbonyl (C=O) groups is 1. The van der Waals surface area contributed by atoms with Crippen LogP contribution in [-0.2, 0) is 10.0 Å².